The minimum absolute atomic E-state index is 0.179. The molecule has 1 heterocycles. The van der Waals surface area contributed by atoms with Gasteiger partial charge in [0.25, 0.3) is 0 Å². The number of hydrogen-bond donors (Lipinski definition) is 2. The summed E-state index contributed by atoms with van der Waals surface area (Å²) in [6.45, 7) is 0.898. The third-order valence-electron chi connectivity index (χ3n) is 3.53. The van der Waals surface area contributed by atoms with Crippen LogP contribution in [0.2, 0.25) is 0 Å². The van der Waals surface area contributed by atoms with Gasteiger partial charge in [0.15, 0.2) is 0 Å². The first-order valence-corrected chi connectivity index (χ1v) is 6.84. The van der Waals surface area contributed by atoms with Gasteiger partial charge in [-0.3, -0.25) is 4.79 Å². The largest absolute Gasteiger partial charge is 0.496 e. The SMILES string of the molecule is COc1ccccc1C[C@@H](NC(=O)[C@@H]1CCOC1)C(=O)O. The number of rotatable bonds is 6. The van der Waals surface area contributed by atoms with Crippen LogP contribution in [0.1, 0.15) is 12.0 Å². The lowest BCUT2D eigenvalue weighted by atomic mass is 10.0. The molecule has 2 rings (SSSR count). The van der Waals surface area contributed by atoms with Crippen molar-refractivity contribution in [3.05, 3.63) is 29.8 Å². The van der Waals surface area contributed by atoms with Crippen molar-refractivity contribution in [1.29, 1.82) is 0 Å². The molecule has 2 atom stereocenters. The van der Waals surface area contributed by atoms with E-state index in [9.17, 15) is 14.7 Å². The zero-order valence-corrected chi connectivity index (χ0v) is 11.9. The number of ether oxygens (including phenoxy) is 2. The summed E-state index contributed by atoms with van der Waals surface area (Å²) in [5, 5.41) is 11.9. The summed E-state index contributed by atoms with van der Waals surface area (Å²) in [4.78, 5) is 23.4. The molecule has 0 radical (unpaired) electrons. The molecule has 0 unspecified atom stereocenters. The van der Waals surface area contributed by atoms with Gasteiger partial charge in [-0.15, -0.1) is 0 Å². The molecule has 6 nitrogen and oxygen atoms in total. The Kier molecular flexibility index (Phi) is 5.16. The minimum Gasteiger partial charge on any atom is -0.496 e. The fourth-order valence-electron chi connectivity index (χ4n) is 2.32. The molecule has 0 aliphatic carbocycles. The van der Waals surface area contributed by atoms with E-state index in [2.05, 4.69) is 5.32 Å². The van der Waals surface area contributed by atoms with E-state index in [1.54, 1.807) is 12.1 Å². The van der Waals surface area contributed by atoms with Crippen LogP contribution in [-0.2, 0) is 20.7 Å². The Labute approximate surface area is 123 Å². The molecule has 114 valence electrons. The van der Waals surface area contributed by atoms with Crippen LogP contribution >= 0.6 is 0 Å². The molecule has 2 N–H and O–H groups in total. The summed E-state index contributed by atoms with van der Waals surface area (Å²) in [6.07, 6.45) is 0.811. The van der Waals surface area contributed by atoms with E-state index >= 15 is 0 Å². The molecular formula is C15H19NO5. The Balaban J connectivity index is 2.05. The van der Waals surface area contributed by atoms with Crippen molar-refractivity contribution in [3.8, 4) is 5.75 Å². The van der Waals surface area contributed by atoms with Crippen LogP contribution in [0.25, 0.3) is 0 Å². The third-order valence-corrected chi connectivity index (χ3v) is 3.53. The van der Waals surface area contributed by atoms with E-state index in [1.165, 1.54) is 7.11 Å². The highest BCUT2D eigenvalue weighted by molar-refractivity contribution is 5.85. The highest BCUT2D eigenvalue weighted by Gasteiger charge is 2.28. The maximum absolute atomic E-state index is 12.0. The summed E-state index contributed by atoms with van der Waals surface area (Å²) in [7, 11) is 1.53. The van der Waals surface area contributed by atoms with Crippen molar-refractivity contribution < 1.29 is 24.2 Å². The van der Waals surface area contributed by atoms with Crippen LogP contribution in [0.4, 0.5) is 0 Å². The van der Waals surface area contributed by atoms with E-state index in [1.807, 2.05) is 12.1 Å². The van der Waals surface area contributed by atoms with Crippen molar-refractivity contribution >= 4 is 11.9 Å². The van der Waals surface area contributed by atoms with Gasteiger partial charge in [0.1, 0.15) is 11.8 Å². The number of carboxylic acid groups (broad SMARTS) is 1. The summed E-state index contributed by atoms with van der Waals surface area (Å²) in [6, 6.07) is 6.20. The predicted molar refractivity (Wildman–Crippen MR) is 75.2 cm³/mol. The summed E-state index contributed by atoms with van der Waals surface area (Å²) < 4.78 is 10.4. The molecule has 0 spiro atoms. The third kappa shape index (κ3) is 3.95. The monoisotopic (exact) mass is 293 g/mol. The van der Waals surface area contributed by atoms with E-state index in [4.69, 9.17) is 9.47 Å². The Hall–Kier alpha value is -2.08. The van der Waals surface area contributed by atoms with Crippen molar-refractivity contribution in [2.45, 2.75) is 18.9 Å². The molecule has 21 heavy (non-hydrogen) atoms. The summed E-state index contributed by atoms with van der Waals surface area (Å²) >= 11 is 0. The van der Waals surface area contributed by atoms with Gasteiger partial charge in [-0.2, -0.15) is 0 Å². The van der Waals surface area contributed by atoms with Gasteiger partial charge in [0, 0.05) is 13.0 Å². The molecular weight excluding hydrogens is 274 g/mol. The number of hydrogen-bond acceptors (Lipinski definition) is 4. The number of nitrogens with one attached hydrogen (secondary N) is 1. The molecule has 1 saturated heterocycles. The lowest BCUT2D eigenvalue weighted by Crippen LogP contribution is -2.45. The van der Waals surface area contributed by atoms with Gasteiger partial charge in [-0.25, -0.2) is 4.79 Å². The second kappa shape index (κ2) is 7.08. The molecule has 1 aromatic rings. The first-order valence-electron chi connectivity index (χ1n) is 6.84. The number of aliphatic carboxylic acids is 1. The van der Waals surface area contributed by atoms with Crippen LogP contribution in [0.3, 0.4) is 0 Å². The van der Waals surface area contributed by atoms with Crippen LogP contribution in [0.5, 0.6) is 5.75 Å². The van der Waals surface area contributed by atoms with Gasteiger partial charge >= 0.3 is 5.97 Å². The predicted octanol–water partition coefficient (Wildman–Crippen LogP) is 0.844. The second-order valence-corrected chi connectivity index (χ2v) is 4.98. The summed E-state index contributed by atoms with van der Waals surface area (Å²) in [5.41, 5.74) is 0.746. The number of methoxy groups -OCH3 is 1. The lowest BCUT2D eigenvalue weighted by Gasteiger charge is -2.18. The molecule has 0 aromatic heterocycles. The number of para-hydroxylation sites is 1. The quantitative estimate of drug-likeness (QED) is 0.812. The van der Waals surface area contributed by atoms with E-state index in [-0.39, 0.29) is 18.2 Å². The van der Waals surface area contributed by atoms with Gasteiger partial charge < -0.3 is 19.9 Å². The second-order valence-electron chi connectivity index (χ2n) is 4.98. The molecule has 6 heteroatoms. The maximum Gasteiger partial charge on any atom is 0.326 e. The minimum atomic E-state index is -1.06. The molecule has 1 aliphatic heterocycles. The molecule has 0 saturated carbocycles. The fraction of sp³-hybridized carbons (Fsp3) is 0.467. The standard InChI is InChI=1S/C15H19NO5/c1-20-13-5-3-2-4-10(13)8-12(15(18)19)16-14(17)11-6-7-21-9-11/h2-5,11-12H,6-9H2,1H3,(H,16,17)(H,18,19)/t11-,12-/m1/s1. The van der Waals surface area contributed by atoms with Crippen LogP contribution in [0.15, 0.2) is 24.3 Å². The first-order chi connectivity index (χ1) is 10.1. The number of carboxylic acids is 1. The normalized spacial score (nSPS) is 19.0. The Bertz CT molecular complexity index is 511. The maximum atomic E-state index is 12.0. The van der Waals surface area contributed by atoms with Gasteiger partial charge in [-0.05, 0) is 18.1 Å². The molecule has 0 bridgehead atoms. The number of carbonyl (C=O) groups is 2. The highest BCUT2D eigenvalue weighted by atomic mass is 16.5. The highest BCUT2D eigenvalue weighted by Crippen LogP contribution is 2.19. The van der Waals surface area contributed by atoms with Crippen molar-refractivity contribution in [3.63, 3.8) is 0 Å². The molecule has 1 aliphatic rings. The fourth-order valence-corrected chi connectivity index (χ4v) is 2.32. The van der Waals surface area contributed by atoms with Crippen molar-refractivity contribution in [2.24, 2.45) is 5.92 Å². The van der Waals surface area contributed by atoms with Crippen LogP contribution in [-0.4, -0.2) is 43.3 Å². The zero-order valence-electron chi connectivity index (χ0n) is 11.9. The van der Waals surface area contributed by atoms with E-state index in [0.717, 1.165) is 5.56 Å². The smallest absolute Gasteiger partial charge is 0.326 e. The Morgan fingerprint density at radius 3 is 2.86 bits per heavy atom. The lowest BCUT2D eigenvalue weighted by molar-refractivity contribution is -0.142. The number of carbonyl (C=O) groups excluding carboxylic acids is 1. The zero-order chi connectivity index (χ0) is 15.2. The Morgan fingerprint density at radius 1 is 1.48 bits per heavy atom. The topological polar surface area (TPSA) is 84.9 Å². The average molecular weight is 293 g/mol. The van der Waals surface area contributed by atoms with Gasteiger partial charge in [0.2, 0.25) is 5.91 Å². The molecule has 1 fully saturated rings. The number of benzene rings is 1. The van der Waals surface area contributed by atoms with Gasteiger partial charge in [-0.1, -0.05) is 18.2 Å². The molecule has 1 amide bonds. The van der Waals surface area contributed by atoms with Crippen molar-refractivity contribution in [1.82, 2.24) is 5.32 Å². The Morgan fingerprint density at radius 2 is 2.24 bits per heavy atom. The van der Waals surface area contributed by atoms with Gasteiger partial charge in [0.05, 0.1) is 19.6 Å². The average Bonchev–Trinajstić information content (AvgIpc) is 3.01. The van der Waals surface area contributed by atoms with E-state index < -0.39 is 12.0 Å². The molecule has 1 aromatic carbocycles. The first kappa shape index (κ1) is 15.3. The number of amides is 1. The van der Waals surface area contributed by atoms with Crippen LogP contribution < -0.4 is 10.1 Å². The summed E-state index contributed by atoms with van der Waals surface area (Å²) in [5.74, 6) is -0.977. The van der Waals surface area contributed by atoms with Crippen molar-refractivity contribution in [2.75, 3.05) is 20.3 Å². The van der Waals surface area contributed by atoms with E-state index in [0.29, 0.717) is 25.4 Å². The van der Waals surface area contributed by atoms with Crippen LogP contribution in [0, 0.1) is 5.92 Å².